The Kier molecular flexibility index (Phi) is 7.44. The molecule has 0 radical (unpaired) electrons. The number of ether oxygens (including phenoxy) is 1. The van der Waals surface area contributed by atoms with Gasteiger partial charge in [0.2, 0.25) is 5.91 Å². The predicted molar refractivity (Wildman–Crippen MR) is 113 cm³/mol. The molecule has 0 saturated carbocycles. The average molecular weight is 435 g/mol. The minimum absolute atomic E-state index is 0.115. The average Bonchev–Trinajstić information content (AvgIpc) is 2.73. The third-order valence-electron chi connectivity index (χ3n) is 5.19. The van der Waals surface area contributed by atoms with Gasteiger partial charge in [0.25, 0.3) is 0 Å². The maximum absolute atomic E-state index is 12.9. The van der Waals surface area contributed by atoms with Gasteiger partial charge in [-0.25, -0.2) is 12.8 Å². The first-order valence-electron chi connectivity index (χ1n) is 9.99. The van der Waals surface area contributed by atoms with Crippen molar-refractivity contribution in [2.24, 2.45) is 0 Å². The van der Waals surface area contributed by atoms with Gasteiger partial charge in [0.15, 0.2) is 9.84 Å². The molecule has 0 atom stereocenters. The molecule has 0 spiro atoms. The van der Waals surface area contributed by atoms with Crippen molar-refractivity contribution in [2.75, 3.05) is 45.6 Å². The highest BCUT2D eigenvalue weighted by Gasteiger charge is 2.20. The van der Waals surface area contributed by atoms with Gasteiger partial charge in [-0.15, -0.1) is 0 Å². The van der Waals surface area contributed by atoms with Crippen molar-refractivity contribution in [3.63, 3.8) is 0 Å². The molecule has 6 nitrogen and oxygen atoms in total. The van der Waals surface area contributed by atoms with Gasteiger partial charge in [-0.1, -0.05) is 12.1 Å². The second kappa shape index (κ2) is 10.0. The smallest absolute Gasteiger partial charge is 0.222 e. The first-order valence-corrected chi connectivity index (χ1v) is 11.9. The van der Waals surface area contributed by atoms with E-state index in [0.717, 1.165) is 25.2 Å². The number of benzene rings is 2. The summed E-state index contributed by atoms with van der Waals surface area (Å²) in [5.74, 6) is 0.480. The second-order valence-corrected chi connectivity index (χ2v) is 9.46. The van der Waals surface area contributed by atoms with Crippen molar-refractivity contribution in [1.82, 2.24) is 9.80 Å². The van der Waals surface area contributed by atoms with Gasteiger partial charge in [0.05, 0.1) is 4.90 Å². The maximum atomic E-state index is 12.9. The summed E-state index contributed by atoms with van der Waals surface area (Å²) in [6.07, 6.45) is 2.18. The number of carbonyl (C=O) groups excluding carboxylic acids is 1. The highest BCUT2D eigenvalue weighted by atomic mass is 32.2. The minimum atomic E-state index is -3.20. The third-order valence-corrected chi connectivity index (χ3v) is 6.32. The number of piperazine rings is 1. The van der Waals surface area contributed by atoms with Crippen LogP contribution in [0.4, 0.5) is 4.39 Å². The molecule has 1 heterocycles. The third kappa shape index (κ3) is 6.53. The van der Waals surface area contributed by atoms with Crippen LogP contribution in [0, 0.1) is 5.82 Å². The number of aryl methyl sites for hydroxylation is 1. The lowest BCUT2D eigenvalue weighted by Crippen LogP contribution is -2.49. The molecule has 0 aliphatic carbocycles. The Hall–Kier alpha value is -2.45. The largest absolute Gasteiger partial charge is 0.492 e. The Morgan fingerprint density at radius 3 is 2.23 bits per heavy atom. The molecule has 2 aromatic rings. The molecule has 0 N–H and O–H groups in total. The van der Waals surface area contributed by atoms with Gasteiger partial charge in [-0.3, -0.25) is 9.69 Å². The molecule has 1 fully saturated rings. The second-order valence-electron chi connectivity index (χ2n) is 7.44. The van der Waals surface area contributed by atoms with E-state index in [9.17, 15) is 17.6 Å². The van der Waals surface area contributed by atoms with Crippen LogP contribution < -0.4 is 4.74 Å². The number of halogens is 1. The maximum Gasteiger partial charge on any atom is 0.222 e. The fraction of sp³-hybridized carbons (Fsp3) is 0.409. The molecule has 30 heavy (non-hydrogen) atoms. The van der Waals surface area contributed by atoms with Gasteiger partial charge in [-0.05, 0) is 48.4 Å². The standard InChI is InChI=1S/C22H27FN2O4S/c1-30(27,28)21-9-2-18(3-10-21)4-11-22(26)25-14-12-24(13-15-25)16-17-29-20-7-5-19(23)6-8-20/h2-3,5-10H,4,11-17H2,1H3. The molecule has 3 rings (SSSR count). The Morgan fingerprint density at radius 1 is 1.00 bits per heavy atom. The molecular weight excluding hydrogens is 407 g/mol. The molecule has 0 unspecified atom stereocenters. The van der Waals surface area contributed by atoms with Crippen LogP contribution in [0.5, 0.6) is 5.75 Å². The van der Waals surface area contributed by atoms with Crippen LogP contribution in [0.1, 0.15) is 12.0 Å². The van der Waals surface area contributed by atoms with Crippen LogP contribution >= 0.6 is 0 Å². The first kappa shape index (κ1) is 22.2. The lowest BCUT2D eigenvalue weighted by molar-refractivity contribution is -0.132. The predicted octanol–water partition coefficient (Wildman–Crippen LogP) is 2.39. The number of rotatable bonds is 8. The molecule has 8 heteroatoms. The molecule has 1 aliphatic heterocycles. The van der Waals surface area contributed by atoms with E-state index in [4.69, 9.17) is 4.74 Å². The fourth-order valence-electron chi connectivity index (χ4n) is 3.36. The van der Waals surface area contributed by atoms with Crippen LogP contribution in [0.15, 0.2) is 53.4 Å². The van der Waals surface area contributed by atoms with Crippen molar-refractivity contribution in [3.05, 3.63) is 59.9 Å². The minimum Gasteiger partial charge on any atom is -0.492 e. The van der Waals surface area contributed by atoms with Gasteiger partial charge >= 0.3 is 0 Å². The van der Waals surface area contributed by atoms with E-state index >= 15 is 0 Å². The number of hydrogen-bond donors (Lipinski definition) is 0. The van der Waals surface area contributed by atoms with E-state index in [-0.39, 0.29) is 16.6 Å². The Bertz CT molecular complexity index is 938. The molecule has 0 aromatic heterocycles. The van der Waals surface area contributed by atoms with Crippen molar-refractivity contribution in [1.29, 1.82) is 0 Å². The summed E-state index contributed by atoms with van der Waals surface area (Å²) in [6.45, 7) is 4.23. The molecule has 1 saturated heterocycles. The lowest BCUT2D eigenvalue weighted by atomic mass is 10.1. The fourth-order valence-corrected chi connectivity index (χ4v) is 3.99. The zero-order chi connectivity index (χ0) is 21.6. The normalized spacial score (nSPS) is 15.2. The monoisotopic (exact) mass is 434 g/mol. The summed E-state index contributed by atoms with van der Waals surface area (Å²) in [5, 5.41) is 0. The van der Waals surface area contributed by atoms with Gasteiger partial charge in [-0.2, -0.15) is 0 Å². The van der Waals surface area contributed by atoms with Crippen molar-refractivity contribution >= 4 is 15.7 Å². The van der Waals surface area contributed by atoms with E-state index in [0.29, 0.717) is 38.3 Å². The topological polar surface area (TPSA) is 66.9 Å². The van der Waals surface area contributed by atoms with E-state index in [1.807, 2.05) is 4.90 Å². The van der Waals surface area contributed by atoms with E-state index in [1.165, 1.54) is 18.4 Å². The van der Waals surface area contributed by atoms with Crippen LogP contribution in [0.25, 0.3) is 0 Å². The Morgan fingerprint density at radius 2 is 1.63 bits per heavy atom. The summed E-state index contributed by atoms with van der Waals surface area (Å²) in [7, 11) is -3.20. The highest BCUT2D eigenvalue weighted by Crippen LogP contribution is 2.14. The van der Waals surface area contributed by atoms with E-state index < -0.39 is 9.84 Å². The zero-order valence-electron chi connectivity index (χ0n) is 17.1. The molecule has 0 bridgehead atoms. The zero-order valence-corrected chi connectivity index (χ0v) is 17.9. The number of sulfone groups is 1. The van der Waals surface area contributed by atoms with Gasteiger partial charge in [0, 0.05) is 45.4 Å². The first-order chi connectivity index (χ1) is 14.3. The lowest BCUT2D eigenvalue weighted by Gasteiger charge is -2.34. The molecule has 1 aliphatic rings. The van der Waals surface area contributed by atoms with Crippen LogP contribution in [-0.4, -0.2) is 69.7 Å². The molecule has 162 valence electrons. The van der Waals surface area contributed by atoms with Crippen molar-refractivity contribution < 1.29 is 22.3 Å². The SMILES string of the molecule is CS(=O)(=O)c1ccc(CCC(=O)N2CCN(CCOc3ccc(F)cc3)CC2)cc1. The molecule has 2 aromatic carbocycles. The Labute approximate surface area is 177 Å². The van der Waals surface area contributed by atoms with Crippen LogP contribution in [0.2, 0.25) is 0 Å². The van der Waals surface area contributed by atoms with Crippen LogP contribution in [-0.2, 0) is 21.1 Å². The number of nitrogens with zero attached hydrogens (tertiary/aromatic N) is 2. The quantitative estimate of drug-likeness (QED) is 0.638. The van der Waals surface area contributed by atoms with Crippen molar-refractivity contribution in [2.45, 2.75) is 17.7 Å². The molecular formula is C22H27FN2O4S. The van der Waals surface area contributed by atoms with Gasteiger partial charge < -0.3 is 9.64 Å². The Balaban J connectivity index is 1.36. The summed E-state index contributed by atoms with van der Waals surface area (Å²) in [5.41, 5.74) is 0.951. The van der Waals surface area contributed by atoms with E-state index in [2.05, 4.69) is 4.90 Å². The molecule has 1 amide bonds. The van der Waals surface area contributed by atoms with Gasteiger partial charge in [0.1, 0.15) is 18.2 Å². The summed E-state index contributed by atoms with van der Waals surface area (Å²) in [6, 6.07) is 12.7. The summed E-state index contributed by atoms with van der Waals surface area (Å²) in [4.78, 5) is 16.9. The van der Waals surface area contributed by atoms with Crippen LogP contribution in [0.3, 0.4) is 0 Å². The number of hydrogen-bond acceptors (Lipinski definition) is 5. The number of amides is 1. The summed E-state index contributed by atoms with van der Waals surface area (Å²) < 4.78 is 41.5. The van der Waals surface area contributed by atoms with E-state index in [1.54, 1.807) is 36.4 Å². The highest BCUT2D eigenvalue weighted by molar-refractivity contribution is 7.90. The number of carbonyl (C=O) groups is 1. The van der Waals surface area contributed by atoms with Crippen molar-refractivity contribution in [3.8, 4) is 5.75 Å². The summed E-state index contributed by atoms with van der Waals surface area (Å²) >= 11 is 0.